The number of rotatable bonds is 10. The summed E-state index contributed by atoms with van der Waals surface area (Å²) in [7, 11) is 1.58. The molecule has 4 rings (SSSR count). The average molecular weight is 558 g/mol. The molecule has 2 aliphatic carbocycles. The minimum Gasteiger partial charge on any atom is -0.496 e. The fourth-order valence-electron chi connectivity index (χ4n) is 6.57. The summed E-state index contributed by atoms with van der Waals surface area (Å²) in [6.07, 6.45) is 11.3. The number of ether oxygens (including phenoxy) is 1. The Morgan fingerprint density at radius 3 is 2.40 bits per heavy atom. The van der Waals surface area contributed by atoms with Gasteiger partial charge >= 0.3 is 6.09 Å². The highest BCUT2D eigenvalue weighted by atomic mass is 16.5. The van der Waals surface area contributed by atoms with Crippen LogP contribution in [0.5, 0.6) is 5.75 Å². The first kappa shape index (κ1) is 30.1. The molecule has 1 aromatic rings. The lowest BCUT2D eigenvalue weighted by Gasteiger charge is -2.42. The van der Waals surface area contributed by atoms with Crippen molar-refractivity contribution < 1.29 is 24.2 Å². The van der Waals surface area contributed by atoms with Crippen molar-refractivity contribution in [3.8, 4) is 5.75 Å². The van der Waals surface area contributed by atoms with Crippen molar-refractivity contribution in [1.29, 1.82) is 0 Å². The van der Waals surface area contributed by atoms with E-state index in [0.717, 1.165) is 43.2 Å². The van der Waals surface area contributed by atoms with Crippen molar-refractivity contribution in [3.63, 3.8) is 0 Å². The molecule has 2 atom stereocenters. The molecule has 0 unspecified atom stereocenters. The molecule has 40 heavy (non-hydrogen) atoms. The van der Waals surface area contributed by atoms with Gasteiger partial charge in [-0.1, -0.05) is 63.5 Å². The molecular formula is C30H47N5O5. The maximum Gasteiger partial charge on any atom is 0.407 e. The van der Waals surface area contributed by atoms with E-state index in [4.69, 9.17) is 10.5 Å². The quantitative estimate of drug-likeness (QED) is 0.347. The van der Waals surface area contributed by atoms with Gasteiger partial charge < -0.3 is 36.0 Å². The van der Waals surface area contributed by atoms with Gasteiger partial charge in [-0.05, 0) is 36.8 Å². The lowest BCUT2D eigenvalue weighted by atomic mass is 9.83. The molecule has 1 saturated heterocycles. The maximum atomic E-state index is 14.2. The van der Waals surface area contributed by atoms with Crippen LogP contribution in [0.25, 0.3) is 0 Å². The number of nitrogens with two attached hydrogens (primary N) is 1. The molecule has 10 nitrogen and oxygen atoms in total. The van der Waals surface area contributed by atoms with Crippen LogP contribution in [-0.2, 0) is 22.7 Å². The van der Waals surface area contributed by atoms with E-state index in [2.05, 4.69) is 10.6 Å². The van der Waals surface area contributed by atoms with E-state index in [1.54, 1.807) is 12.0 Å². The van der Waals surface area contributed by atoms with E-state index in [1.807, 2.05) is 18.2 Å². The molecule has 0 radical (unpaired) electrons. The molecule has 1 heterocycles. The van der Waals surface area contributed by atoms with Crippen molar-refractivity contribution in [2.75, 3.05) is 26.7 Å². The Morgan fingerprint density at radius 2 is 1.75 bits per heavy atom. The molecule has 0 spiro atoms. The lowest BCUT2D eigenvalue weighted by molar-refractivity contribution is -0.145. The van der Waals surface area contributed by atoms with E-state index in [-0.39, 0.29) is 44.0 Å². The summed E-state index contributed by atoms with van der Waals surface area (Å²) in [6.45, 7) is 0.939. The second-order valence-corrected chi connectivity index (χ2v) is 11.6. The Balaban J connectivity index is 1.49. The Kier molecular flexibility index (Phi) is 11.1. The number of nitrogens with zero attached hydrogens (tertiary/aromatic N) is 2. The summed E-state index contributed by atoms with van der Waals surface area (Å²) in [4.78, 5) is 42.4. The van der Waals surface area contributed by atoms with Crippen LogP contribution in [0.3, 0.4) is 0 Å². The van der Waals surface area contributed by atoms with Crippen LogP contribution in [0, 0.1) is 5.92 Å². The third-order valence-electron chi connectivity index (χ3n) is 8.91. The first-order valence-corrected chi connectivity index (χ1v) is 15.1. The number of hydrogen-bond donors (Lipinski definition) is 4. The van der Waals surface area contributed by atoms with Gasteiger partial charge in [-0.3, -0.25) is 9.59 Å². The van der Waals surface area contributed by atoms with E-state index in [1.165, 1.54) is 43.4 Å². The normalized spacial score (nSPS) is 21.6. The van der Waals surface area contributed by atoms with Gasteiger partial charge in [-0.2, -0.15) is 0 Å². The van der Waals surface area contributed by atoms with E-state index in [9.17, 15) is 19.5 Å². The van der Waals surface area contributed by atoms with Crippen molar-refractivity contribution >= 4 is 17.9 Å². The fraction of sp³-hybridized carbons (Fsp3) is 0.700. The van der Waals surface area contributed by atoms with Crippen LogP contribution in [0.2, 0.25) is 0 Å². The molecule has 222 valence electrons. The summed E-state index contributed by atoms with van der Waals surface area (Å²) in [5, 5.41) is 16.3. The number of carbonyl (C=O) groups is 3. The summed E-state index contributed by atoms with van der Waals surface area (Å²) in [6, 6.07) is 4.66. The van der Waals surface area contributed by atoms with Gasteiger partial charge in [0.15, 0.2) is 0 Å². The smallest absolute Gasteiger partial charge is 0.407 e. The van der Waals surface area contributed by atoms with Crippen LogP contribution in [-0.4, -0.2) is 77.7 Å². The van der Waals surface area contributed by atoms with Gasteiger partial charge in [-0.15, -0.1) is 0 Å². The lowest BCUT2D eigenvalue weighted by Crippen LogP contribution is -2.64. The van der Waals surface area contributed by atoms with Crippen LogP contribution in [0.4, 0.5) is 4.79 Å². The average Bonchev–Trinajstić information content (AvgIpc) is 2.99. The van der Waals surface area contributed by atoms with Crippen molar-refractivity contribution in [1.82, 2.24) is 20.4 Å². The number of piperazine rings is 1. The zero-order valence-electron chi connectivity index (χ0n) is 23.9. The van der Waals surface area contributed by atoms with Gasteiger partial charge in [-0.25, -0.2) is 4.79 Å². The zero-order valence-corrected chi connectivity index (χ0v) is 23.9. The predicted octanol–water partition coefficient (Wildman–Crippen LogP) is 3.22. The number of hydrogen-bond acceptors (Lipinski definition) is 6. The van der Waals surface area contributed by atoms with Gasteiger partial charge in [0, 0.05) is 37.8 Å². The summed E-state index contributed by atoms with van der Waals surface area (Å²) in [5.41, 5.74) is 7.48. The van der Waals surface area contributed by atoms with Crippen LogP contribution in [0.1, 0.15) is 81.8 Å². The number of methoxy groups -OCH3 is 1. The fourth-order valence-corrected chi connectivity index (χ4v) is 6.57. The Labute approximate surface area is 238 Å². The number of carbonyl (C=O) groups excluding carboxylic acids is 2. The number of carboxylic acid groups (broad SMARTS) is 1. The number of amides is 3. The van der Waals surface area contributed by atoms with E-state index >= 15 is 0 Å². The monoisotopic (exact) mass is 557 g/mol. The highest BCUT2D eigenvalue weighted by Crippen LogP contribution is 2.29. The molecule has 0 aromatic heterocycles. The van der Waals surface area contributed by atoms with Crippen LogP contribution < -0.4 is 21.1 Å². The maximum absolute atomic E-state index is 14.2. The minimum atomic E-state index is -1.08. The molecule has 10 heteroatoms. The Bertz CT molecular complexity index is 988. The molecular weight excluding hydrogens is 510 g/mol. The molecule has 3 fully saturated rings. The molecule has 0 bridgehead atoms. The third-order valence-corrected chi connectivity index (χ3v) is 8.91. The summed E-state index contributed by atoms with van der Waals surface area (Å²) >= 11 is 0. The number of benzene rings is 1. The van der Waals surface area contributed by atoms with Gasteiger partial charge in [0.2, 0.25) is 11.8 Å². The van der Waals surface area contributed by atoms with E-state index in [0.29, 0.717) is 24.3 Å². The minimum absolute atomic E-state index is 0.0398. The Hall–Kier alpha value is -2.85. The zero-order chi connectivity index (χ0) is 28.5. The summed E-state index contributed by atoms with van der Waals surface area (Å²) in [5.74, 6) is 0.725. The van der Waals surface area contributed by atoms with Crippen molar-refractivity contribution in [3.05, 3.63) is 29.3 Å². The third kappa shape index (κ3) is 7.87. The van der Waals surface area contributed by atoms with Crippen molar-refractivity contribution in [2.45, 2.75) is 102 Å². The van der Waals surface area contributed by atoms with Gasteiger partial charge in [0.05, 0.1) is 19.7 Å². The molecule has 1 aromatic carbocycles. The SMILES string of the molecule is COc1cc(CNC(=O)[C@@H]2CN(C(=O)O)CCN2C(=O)[C@@H](CC2CCCCC2)NC2CCCCC2)ccc1CN. The highest BCUT2D eigenvalue weighted by molar-refractivity contribution is 5.90. The molecule has 1 aliphatic heterocycles. The topological polar surface area (TPSA) is 137 Å². The Morgan fingerprint density at radius 1 is 1.05 bits per heavy atom. The molecule has 2 saturated carbocycles. The molecule has 5 N–H and O–H groups in total. The number of nitrogens with one attached hydrogen (secondary N) is 2. The predicted molar refractivity (Wildman–Crippen MR) is 153 cm³/mol. The largest absolute Gasteiger partial charge is 0.496 e. The summed E-state index contributed by atoms with van der Waals surface area (Å²) < 4.78 is 5.42. The van der Waals surface area contributed by atoms with Crippen LogP contribution >= 0.6 is 0 Å². The first-order chi connectivity index (χ1) is 19.4. The van der Waals surface area contributed by atoms with Gasteiger partial charge in [0.1, 0.15) is 11.8 Å². The van der Waals surface area contributed by atoms with Crippen LogP contribution in [0.15, 0.2) is 18.2 Å². The van der Waals surface area contributed by atoms with Crippen molar-refractivity contribution in [2.24, 2.45) is 11.7 Å². The van der Waals surface area contributed by atoms with E-state index < -0.39 is 12.1 Å². The highest BCUT2D eigenvalue weighted by Gasteiger charge is 2.40. The van der Waals surface area contributed by atoms with Gasteiger partial charge in [0.25, 0.3) is 0 Å². The standard InChI is InChI=1S/C30H47N5O5/c1-40-27-17-22(12-13-23(27)18-31)19-32-28(36)26-20-34(30(38)39)14-15-35(26)29(37)25(16-21-8-4-2-5-9-21)33-24-10-6-3-7-11-24/h12-13,17,21,24-26,33H,2-11,14-16,18-20,31H2,1H3,(H,32,36)(H,38,39)/t25-,26+/m1/s1. The second-order valence-electron chi connectivity index (χ2n) is 11.6. The molecule has 3 aliphatic rings. The first-order valence-electron chi connectivity index (χ1n) is 15.1. The molecule has 3 amide bonds. The second kappa shape index (κ2) is 14.7.